The highest BCUT2D eigenvalue weighted by atomic mass is 35.5. The fourth-order valence-corrected chi connectivity index (χ4v) is 2.95. The Hall–Kier alpha value is -3.40. The van der Waals surface area contributed by atoms with E-state index in [2.05, 4.69) is 10.3 Å². The molecule has 1 atom stereocenters. The summed E-state index contributed by atoms with van der Waals surface area (Å²) < 4.78 is 10.7. The SMILES string of the molecule is COc1cc(Cl)c(C)cc1NC(=O)CN1C(=O)C(C)Oc2ccc([N+](=O)[O-])nc21. The van der Waals surface area contributed by atoms with Gasteiger partial charge >= 0.3 is 5.82 Å². The number of carbonyl (C=O) groups excluding carboxylic acids is 2. The molecule has 2 amide bonds. The number of hydrogen-bond donors (Lipinski definition) is 1. The third kappa shape index (κ3) is 4.06. The van der Waals surface area contributed by atoms with Gasteiger partial charge in [-0.05, 0) is 41.5 Å². The lowest BCUT2D eigenvalue weighted by Crippen LogP contribution is -2.48. The molecular weight excluding hydrogens is 404 g/mol. The maximum atomic E-state index is 12.6. The van der Waals surface area contributed by atoms with Crippen molar-refractivity contribution >= 4 is 40.7 Å². The van der Waals surface area contributed by atoms with Gasteiger partial charge in [0.2, 0.25) is 5.91 Å². The molecule has 0 saturated carbocycles. The van der Waals surface area contributed by atoms with E-state index in [4.69, 9.17) is 21.1 Å². The van der Waals surface area contributed by atoms with Crippen LogP contribution < -0.4 is 19.7 Å². The minimum atomic E-state index is -0.870. The van der Waals surface area contributed by atoms with E-state index in [1.54, 1.807) is 19.1 Å². The van der Waals surface area contributed by atoms with E-state index in [0.29, 0.717) is 16.5 Å². The van der Waals surface area contributed by atoms with E-state index in [1.807, 2.05) is 0 Å². The summed E-state index contributed by atoms with van der Waals surface area (Å²) in [7, 11) is 1.43. The number of fused-ring (bicyclic) bond motifs is 1. The highest BCUT2D eigenvalue weighted by molar-refractivity contribution is 6.31. The van der Waals surface area contributed by atoms with Crippen LogP contribution in [0.25, 0.3) is 0 Å². The molecule has 10 nitrogen and oxygen atoms in total. The summed E-state index contributed by atoms with van der Waals surface area (Å²) in [4.78, 5) is 40.4. The maximum Gasteiger partial charge on any atom is 0.366 e. The first-order chi connectivity index (χ1) is 13.7. The van der Waals surface area contributed by atoms with Crippen molar-refractivity contribution in [3.8, 4) is 11.5 Å². The molecule has 1 unspecified atom stereocenters. The number of methoxy groups -OCH3 is 1. The first kappa shape index (κ1) is 20.3. The van der Waals surface area contributed by atoms with Gasteiger partial charge < -0.3 is 24.9 Å². The summed E-state index contributed by atoms with van der Waals surface area (Å²) in [5.41, 5.74) is 1.10. The number of pyridine rings is 1. The summed E-state index contributed by atoms with van der Waals surface area (Å²) in [6.45, 7) is 2.87. The number of aryl methyl sites for hydroxylation is 1. The summed E-state index contributed by atoms with van der Waals surface area (Å²) in [6.07, 6.45) is -0.870. The van der Waals surface area contributed by atoms with Gasteiger partial charge in [-0.15, -0.1) is 0 Å². The maximum absolute atomic E-state index is 12.6. The first-order valence-corrected chi connectivity index (χ1v) is 8.86. The summed E-state index contributed by atoms with van der Waals surface area (Å²) in [6, 6.07) is 5.72. The van der Waals surface area contributed by atoms with E-state index in [0.717, 1.165) is 10.5 Å². The minimum Gasteiger partial charge on any atom is -0.495 e. The molecule has 1 aromatic carbocycles. The molecule has 1 aliphatic heterocycles. The number of carbonyl (C=O) groups is 2. The Bertz CT molecular complexity index is 1010. The summed E-state index contributed by atoms with van der Waals surface area (Å²) in [5, 5.41) is 14.2. The van der Waals surface area contributed by atoms with Crippen LogP contribution in [0.15, 0.2) is 24.3 Å². The molecule has 2 aromatic rings. The second-order valence-corrected chi connectivity index (χ2v) is 6.69. The number of halogens is 1. The van der Waals surface area contributed by atoms with Gasteiger partial charge in [0, 0.05) is 17.2 Å². The molecule has 0 fully saturated rings. The van der Waals surface area contributed by atoms with Crippen LogP contribution in [0.1, 0.15) is 12.5 Å². The average molecular weight is 421 g/mol. The Morgan fingerprint density at radius 3 is 2.83 bits per heavy atom. The summed E-state index contributed by atoms with van der Waals surface area (Å²) >= 11 is 6.07. The fraction of sp³-hybridized carbons (Fsp3) is 0.278. The first-order valence-electron chi connectivity index (χ1n) is 8.48. The highest BCUT2D eigenvalue weighted by Gasteiger charge is 2.37. The van der Waals surface area contributed by atoms with Crippen molar-refractivity contribution in [3.05, 3.63) is 45.0 Å². The van der Waals surface area contributed by atoms with Gasteiger partial charge in [-0.25, -0.2) is 0 Å². The number of amides is 2. The van der Waals surface area contributed by atoms with Gasteiger partial charge in [0.15, 0.2) is 11.9 Å². The van der Waals surface area contributed by atoms with E-state index >= 15 is 0 Å². The standard InChI is InChI=1S/C18H17ClN4O6/c1-9-6-12(14(28-3)7-11(9)19)20-16(24)8-22-17-13(29-10(2)18(22)25)4-5-15(21-17)23(26)27/h4-7,10H,8H2,1-3H3,(H,20,24). The fourth-order valence-electron chi connectivity index (χ4n) is 2.79. The quantitative estimate of drug-likeness (QED) is 0.582. The molecular formula is C18H17ClN4O6. The molecule has 0 bridgehead atoms. The zero-order valence-electron chi connectivity index (χ0n) is 15.8. The lowest BCUT2D eigenvalue weighted by atomic mass is 10.2. The topological polar surface area (TPSA) is 124 Å². The van der Waals surface area contributed by atoms with Crippen LogP contribution in [-0.2, 0) is 9.59 Å². The normalized spacial score (nSPS) is 15.4. The van der Waals surface area contributed by atoms with Gasteiger partial charge in [-0.2, -0.15) is 0 Å². The van der Waals surface area contributed by atoms with Crippen molar-refractivity contribution in [1.82, 2.24) is 4.98 Å². The van der Waals surface area contributed by atoms with Crippen LogP contribution in [0.4, 0.5) is 17.3 Å². The number of hydrogen-bond acceptors (Lipinski definition) is 7. The van der Waals surface area contributed by atoms with Crippen molar-refractivity contribution in [2.45, 2.75) is 20.0 Å². The molecule has 152 valence electrons. The second kappa shape index (κ2) is 7.92. The van der Waals surface area contributed by atoms with Crippen molar-refractivity contribution in [3.63, 3.8) is 0 Å². The van der Waals surface area contributed by atoms with Crippen molar-refractivity contribution < 1.29 is 24.0 Å². The molecule has 0 saturated heterocycles. The Morgan fingerprint density at radius 2 is 2.17 bits per heavy atom. The number of nitro groups is 1. The summed E-state index contributed by atoms with van der Waals surface area (Å²) in [5.74, 6) is -1.11. The van der Waals surface area contributed by atoms with Crippen LogP contribution in [0.2, 0.25) is 5.02 Å². The molecule has 0 spiro atoms. The molecule has 3 rings (SSSR count). The van der Waals surface area contributed by atoms with E-state index in [-0.39, 0.29) is 11.6 Å². The molecule has 1 N–H and O–H groups in total. The predicted octanol–water partition coefficient (Wildman–Crippen LogP) is 2.71. The van der Waals surface area contributed by atoms with Crippen LogP contribution in [0.5, 0.6) is 11.5 Å². The molecule has 1 aromatic heterocycles. The van der Waals surface area contributed by atoms with Crippen LogP contribution >= 0.6 is 11.6 Å². The minimum absolute atomic E-state index is 0.0864. The number of nitrogens with one attached hydrogen (secondary N) is 1. The van der Waals surface area contributed by atoms with Crippen molar-refractivity contribution in [2.75, 3.05) is 23.9 Å². The number of aromatic nitrogens is 1. The molecule has 0 radical (unpaired) electrons. The molecule has 11 heteroatoms. The van der Waals surface area contributed by atoms with E-state index < -0.39 is 35.2 Å². The molecule has 2 heterocycles. The monoisotopic (exact) mass is 420 g/mol. The number of rotatable bonds is 5. The van der Waals surface area contributed by atoms with E-state index in [9.17, 15) is 19.7 Å². The number of nitrogens with zero attached hydrogens (tertiary/aromatic N) is 3. The Labute approximate surface area is 170 Å². The largest absolute Gasteiger partial charge is 0.495 e. The van der Waals surface area contributed by atoms with Crippen molar-refractivity contribution in [2.24, 2.45) is 0 Å². The van der Waals surface area contributed by atoms with Crippen LogP contribution in [-0.4, -0.2) is 41.5 Å². The number of benzene rings is 1. The Balaban J connectivity index is 1.89. The van der Waals surface area contributed by atoms with Crippen LogP contribution in [0.3, 0.4) is 0 Å². The molecule has 29 heavy (non-hydrogen) atoms. The zero-order valence-corrected chi connectivity index (χ0v) is 16.5. The predicted molar refractivity (Wildman–Crippen MR) is 105 cm³/mol. The lowest BCUT2D eigenvalue weighted by Gasteiger charge is -2.29. The van der Waals surface area contributed by atoms with Gasteiger partial charge in [0.1, 0.15) is 12.3 Å². The zero-order chi connectivity index (χ0) is 21.3. The smallest absolute Gasteiger partial charge is 0.366 e. The molecule has 1 aliphatic rings. The third-order valence-electron chi connectivity index (χ3n) is 4.24. The second-order valence-electron chi connectivity index (χ2n) is 6.28. The number of anilines is 2. The average Bonchev–Trinajstić information content (AvgIpc) is 2.67. The number of ether oxygens (including phenoxy) is 2. The van der Waals surface area contributed by atoms with Crippen molar-refractivity contribution in [1.29, 1.82) is 0 Å². The van der Waals surface area contributed by atoms with Gasteiger partial charge in [-0.1, -0.05) is 11.6 Å². The van der Waals surface area contributed by atoms with Gasteiger partial charge in [0.25, 0.3) is 11.7 Å². The van der Waals surface area contributed by atoms with E-state index in [1.165, 1.54) is 26.2 Å². The van der Waals surface area contributed by atoms with Gasteiger partial charge in [-0.3, -0.25) is 14.5 Å². The Kier molecular flexibility index (Phi) is 5.55. The molecule has 0 aliphatic carbocycles. The lowest BCUT2D eigenvalue weighted by molar-refractivity contribution is -0.389. The third-order valence-corrected chi connectivity index (χ3v) is 4.65. The highest BCUT2D eigenvalue weighted by Crippen LogP contribution is 2.34. The van der Waals surface area contributed by atoms with Gasteiger partial charge in [0.05, 0.1) is 12.8 Å². The Morgan fingerprint density at radius 1 is 1.45 bits per heavy atom. The van der Waals surface area contributed by atoms with Crippen LogP contribution in [0, 0.1) is 17.0 Å².